The smallest absolute Gasteiger partial charge is 0.226 e. The Labute approximate surface area is 202 Å². The van der Waals surface area contributed by atoms with Gasteiger partial charge in [0.2, 0.25) is 11.8 Å². The van der Waals surface area contributed by atoms with Gasteiger partial charge in [-0.25, -0.2) is 9.97 Å². The van der Waals surface area contributed by atoms with Crippen LogP contribution in [-0.2, 0) is 22.4 Å². The number of anilines is 1. The molecule has 0 fully saturated rings. The maximum absolute atomic E-state index is 12.4. The van der Waals surface area contributed by atoms with Gasteiger partial charge in [-0.1, -0.05) is 54.6 Å². The first-order valence-electron chi connectivity index (χ1n) is 11.2. The van der Waals surface area contributed by atoms with E-state index in [-0.39, 0.29) is 18.2 Å². The van der Waals surface area contributed by atoms with Gasteiger partial charge in [-0.2, -0.15) is 0 Å². The largest absolute Gasteiger partial charge is 0.441 e. The number of thiazole rings is 1. The zero-order valence-corrected chi connectivity index (χ0v) is 19.7. The molecule has 4 aromatic rings. The summed E-state index contributed by atoms with van der Waals surface area (Å²) < 4.78 is 5.76. The SMILES string of the molecule is CC(=O)NCCCc1ccc(-c2csc(NC(=O)CCc3ncc(-c4ccccc4)o3)n2)cc1. The topological polar surface area (TPSA) is 97.1 Å². The van der Waals surface area contributed by atoms with E-state index < -0.39 is 0 Å². The fraction of sp³-hybridized carbons (Fsp3) is 0.231. The monoisotopic (exact) mass is 474 g/mol. The summed E-state index contributed by atoms with van der Waals surface area (Å²) >= 11 is 1.40. The molecule has 0 saturated heterocycles. The summed E-state index contributed by atoms with van der Waals surface area (Å²) in [5.74, 6) is 1.09. The molecule has 0 aliphatic carbocycles. The Morgan fingerprint density at radius 3 is 2.56 bits per heavy atom. The van der Waals surface area contributed by atoms with Gasteiger partial charge in [-0.3, -0.25) is 9.59 Å². The second-order valence-corrected chi connectivity index (χ2v) is 8.71. The average Bonchev–Trinajstić information content (AvgIpc) is 3.51. The minimum atomic E-state index is -0.130. The molecule has 0 radical (unpaired) electrons. The number of rotatable bonds is 10. The highest BCUT2D eigenvalue weighted by molar-refractivity contribution is 7.14. The van der Waals surface area contributed by atoms with Crippen molar-refractivity contribution in [3.63, 3.8) is 0 Å². The second-order valence-electron chi connectivity index (χ2n) is 7.85. The van der Waals surface area contributed by atoms with Gasteiger partial charge >= 0.3 is 0 Å². The van der Waals surface area contributed by atoms with E-state index in [1.807, 2.05) is 47.8 Å². The minimum absolute atomic E-state index is 0.00314. The number of oxazole rings is 1. The Kier molecular flexibility index (Phi) is 7.83. The number of benzene rings is 2. The van der Waals surface area contributed by atoms with E-state index in [0.29, 0.717) is 29.7 Å². The number of amides is 2. The molecule has 8 heteroatoms. The number of hydrogen-bond donors (Lipinski definition) is 2. The van der Waals surface area contributed by atoms with E-state index in [1.165, 1.54) is 23.8 Å². The molecule has 0 saturated carbocycles. The zero-order valence-electron chi connectivity index (χ0n) is 18.9. The lowest BCUT2D eigenvalue weighted by Crippen LogP contribution is -2.21. The summed E-state index contributed by atoms with van der Waals surface area (Å²) in [5, 5.41) is 8.17. The standard InChI is InChI=1S/C26H26N4O3S/c1-18(31)27-15-5-6-19-9-11-20(12-10-19)22-17-34-26(29-22)30-24(32)13-14-25-28-16-23(33-25)21-7-3-2-4-8-21/h2-4,7-12,16-17H,5-6,13-15H2,1H3,(H,27,31)(H,29,30,32). The molecule has 2 amide bonds. The Morgan fingerprint density at radius 1 is 1.00 bits per heavy atom. The Hall–Kier alpha value is -3.78. The lowest BCUT2D eigenvalue weighted by Gasteiger charge is -2.04. The first-order valence-corrected chi connectivity index (χ1v) is 12.0. The highest BCUT2D eigenvalue weighted by Gasteiger charge is 2.11. The summed E-state index contributed by atoms with van der Waals surface area (Å²) in [4.78, 5) is 32.1. The van der Waals surface area contributed by atoms with Crippen LogP contribution in [0.15, 0.2) is 70.6 Å². The van der Waals surface area contributed by atoms with Crippen molar-refractivity contribution in [1.29, 1.82) is 0 Å². The molecule has 0 bridgehead atoms. The molecule has 4 rings (SSSR count). The van der Waals surface area contributed by atoms with Crippen LogP contribution in [0.25, 0.3) is 22.6 Å². The number of carbonyl (C=O) groups is 2. The molecular weight excluding hydrogens is 448 g/mol. The van der Waals surface area contributed by atoms with Gasteiger partial charge in [-0.05, 0) is 18.4 Å². The van der Waals surface area contributed by atoms with Crippen LogP contribution in [0.3, 0.4) is 0 Å². The van der Waals surface area contributed by atoms with Gasteiger partial charge in [0, 0.05) is 42.8 Å². The Morgan fingerprint density at radius 2 is 1.79 bits per heavy atom. The Balaban J connectivity index is 1.25. The van der Waals surface area contributed by atoms with E-state index in [0.717, 1.165) is 29.7 Å². The van der Waals surface area contributed by atoms with Crippen molar-refractivity contribution in [3.05, 3.63) is 77.6 Å². The highest BCUT2D eigenvalue weighted by Crippen LogP contribution is 2.26. The Bertz CT molecular complexity index is 1230. The third-order valence-electron chi connectivity index (χ3n) is 5.19. The van der Waals surface area contributed by atoms with Crippen LogP contribution in [0.1, 0.15) is 31.2 Å². The predicted octanol–water partition coefficient (Wildman–Crippen LogP) is 5.11. The van der Waals surface area contributed by atoms with Crippen molar-refractivity contribution in [2.24, 2.45) is 0 Å². The van der Waals surface area contributed by atoms with Crippen LogP contribution in [0.4, 0.5) is 5.13 Å². The third-order valence-corrected chi connectivity index (χ3v) is 5.95. The molecule has 34 heavy (non-hydrogen) atoms. The molecule has 0 spiro atoms. The van der Waals surface area contributed by atoms with Gasteiger partial charge in [0.05, 0.1) is 11.9 Å². The fourth-order valence-electron chi connectivity index (χ4n) is 3.43. The van der Waals surface area contributed by atoms with Gasteiger partial charge < -0.3 is 15.1 Å². The summed E-state index contributed by atoms with van der Waals surface area (Å²) in [6.07, 6.45) is 4.16. The zero-order chi connectivity index (χ0) is 23.8. The molecule has 0 atom stereocenters. The second kappa shape index (κ2) is 11.4. The van der Waals surface area contributed by atoms with Crippen LogP contribution >= 0.6 is 11.3 Å². The third kappa shape index (κ3) is 6.62. The van der Waals surface area contributed by atoms with E-state index in [9.17, 15) is 9.59 Å². The van der Waals surface area contributed by atoms with Crippen molar-refractivity contribution >= 4 is 28.3 Å². The minimum Gasteiger partial charge on any atom is -0.441 e. The quantitative estimate of drug-likeness (QED) is 0.312. The van der Waals surface area contributed by atoms with Crippen molar-refractivity contribution < 1.29 is 14.0 Å². The van der Waals surface area contributed by atoms with Gasteiger partial charge in [0.25, 0.3) is 0 Å². The number of aromatic nitrogens is 2. The number of hydrogen-bond acceptors (Lipinski definition) is 6. The normalized spacial score (nSPS) is 10.7. The molecule has 2 heterocycles. The summed E-state index contributed by atoms with van der Waals surface area (Å²) in [6.45, 7) is 2.20. The van der Waals surface area contributed by atoms with Crippen LogP contribution in [-0.4, -0.2) is 28.3 Å². The number of nitrogens with zero attached hydrogens (tertiary/aromatic N) is 2. The molecule has 0 unspecified atom stereocenters. The van der Waals surface area contributed by atoms with Crippen molar-refractivity contribution in [2.75, 3.05) is 11.9 Å². The fourth-order valence-corrected chi connectivity index (χ4v) is 4.16. The van der Waals surface area contributed by atoms with Gasteiger partial charge in [-0.15, -0.1) is 11.3 Å². The van der Waals surface area contributed by atoms with Crippen LogP contribution < -0.4 is 10.6 Å². The van der Waals surface area contributed by atoms with Crippen molar-refractivity contribution in [1.82, 2.24) is 15.3 Å². The molecule has 2 N–H and O–H groups in total. The molecule has 0 aliphatic rings. The summed E-state index contributed by atoms with van der Waals surface area (Å²) in [5.41, 5.74) is 3.99. The van der Waals surface area contributed by atoms with Crippen LogP contribution in [0.5, 0.6) is 0 Å². The first kappa shape index (κ1) is 23.4. The lowest BCUT2D eigenvalue weighted by molar-refractivity contribution is -0.119. The van der Waals surface area contributed by atoms with Gasteiger partial charge in [0.1, 0.15) is 0 Å². The molecule has 174 valence electrons. The molecule has 2 aromatic carbocycles. The highest BCUT2D eigenvalue weighted by atomic mass is 32.1. The molecule has 7 nitrogen and oxygen atoms in total. The van der Waals surface area contributed by atoms with Crippen LogP contribution in [0, 0.1) is 0 Å². The van der Waals surface area contributed by atoms with Gasteiger partial charge in [0.15, 0.2) is 16.8 Å². The van der Waals surface area contributed by atoms with E-state index in [2.05, 4.69) is 32.7 Å². The summed E-state index contributed by atoms with van der Waals surface area (Å²) in [7, 11) is 0. The van der Waals surface area contributed by atoms with Crippen molar-refractivity contribution in [2.45, 2.75) is 32.6 Å². The van der Waals surface area contributed by atoms with Crippen molar-refractivity contribution in [3.8, 4) is 22.6 Å². The maximum Gasteiger partial charge on any atom is 0.226 e. The molecule has 0 aliphatic heterocycles. The molecular formula is C26H26N4O3S. The van der Waals surface area contributed by atoms with E-state index in [1.54, 1.807) is 6.20 Å². The lowest BCUT2D eigenvalue weighted by atomic mass is 10.1. The average molecular weight is 475 g/mol. The summed E-state index contributed by atoms with van der Waals surface area (Å²) in [6, 6.07) is 17.9. The number of aryl methyl sites for hydroxylation is 2. The van der Waals surface area contributed by atoms with Crippen LogP contribution in [0.2, 0.25) is 0 Å². The molecule has 2 aromatic heterocycles. The number of nitrogens with one attached hydrogen (secondary N) is 2. The number of carbonyl (C=O) groups excluding carboxylic acids is 2. The van der Waals surface area contributed by atoms with E-state index in [4.69, 9.17) is 4.42 Å². The first-order chi connectivity index (χ1) is 16.6. The maximum atomic E-state index is 12.4. The predicted molar refractivity (Wildman–Crippen MR) is 133 cm³/mol. The van der Waals surface area contributed by atoms with E-state index >= 15 is 0 Å².